The van der Waals surface area contributed by atoms with Crippen molar-refractivity contribution in [2.24, 2.45) is 5.73 Å². The van der Waals surface area contributed by atoms with Crippen LogP contribution in [0.3, 0.4) is 0 Å². The second kappa shape index (κ2) is 6.17. The number of ketones is 1. The van der Waals surface area contributed by atoms with Gasteiger partial charge >= 0.3 is 0 Å². The molecule has 0 aromatic heterocycles. The number of hydrogen-bond donors (Lipinski definition) is 1. The summed E-state index contributed by atoms with van der Waals surface area (Å²) in [6.07, 6.45) is 1.87. The average molecular weight is 310 g/mol. The zero-order valence-corrected chi connectivity index (χ0v) is 13.0. The highest BCUT2D eigenvalue weighted by atomic mass is 16.5. The molecular weight excluding hydrogens is 292 g/mol. The topological polar surface area (TPSA) is 85.3 Å². The maximum atomic E-state index is 12.5. The Bertz CT molecular complexity index is 756. The molecule has 1 aliphatic carbocycles. The predicted octanol–water partition coefficient (Wildman–Crippen LogP) is 2.90. The van der Waals surface area contributed by atoms with Crippen LogP contribution >= 0.6 is 0 Å². The van der Waals surface area contributed by atoms with Crippen LogP contribution in [0.5, 0.6) is 5.75 Å². The molecule has 0 unspecified atom stereocenters. The highest BCUT2D eigenvalue weighted by Crippen LogP contribution is 2.45. The van der Waals surface area contributed by atoms with Gasteiger partial charge in [0, 0.05) is 24.0 Å². The van der Waals surface area contributed by atoms with Crippen molar-refractivity contribution in [1.82, 2.24) is 0 Å². The first-order valence-electron chi connectivity index (χ1n) is 7.73. The normalized spacial score (nSPS) is 20.7. The summed E-state index contributed by atoms with van der Waals surface area (Å²) < 4.78 is 11.3. The number of nitrogens with two attached hydrogens (primary N) is 1. The summed E-state index contributed by atoms with van der Waals surface area (Å²) in [4.78, 5) is 12.5. The Labute approximate surface area is 135 Å². The summed E-state index contributed by atoms with van der Waals surface area (Å²) >= 11 is 0. The maximum absolute atomic E-state index is 12.5. The third-order valence-electron chi connectivity index (χ3n) is 4.13. The molecule has 0 bridgehead atoms. The second-order valence-electron chi connectivity index (χ2n) is 5.51. The number of nitrogens with zero attached hydrogens (tertiary/aromatic N) is 1. The number of Topliss-reactive ketones (excluding diaryl/α,β-unsaturated/α-hetero) is 1. The molecule has 5 nitrogen and oxygen atoms in total. The number of para-hydroxylation sites is 1. The van der Waals surface area contributed by atoms with Gasteiger partial charge in [-0.15, -0.1) is 0 Å². The van der Waals surface area contributed by atoms with Gasteiger partial charge in [0.25, 0.3) is 0 Å². The average Bonchev–Trinajstić information content (AvgIpc) is 2.55. The molecule has 0 fully saturated rings. The largest absolute Gasteiger partial charge is 0.494 e. The molecule has 118 valence electrons. The van der Waals surface area contributed by atoms with Crippen LogP contribution < -0.4 is 10.5 Å². The van der Waals surface area contributed by atoms with E-state index in [2.05, 4.69) is 6.07 Å². The van der Waals surface area contributed by atoms with Gasteiger partial charge in [-0.3, -0.25) is 4.79 Å². The minimum atomic E-state index is -0.515. The van der Waals surface area contributed by atoms with E-state index >= 15 is 0 Å². The van der Waals surface area contributed by atoms with E-state index in [0.29, 0.717) is 36.5 Å². The van der Waals surface area contributed by atoms with Gasteiger partial charge in [0.2, 0.25) is 5.88 Å². The zero-order chi connectivity index (χ0) is 16.4. The number of rotatable bonds is 3. The van der Waals surface area contributed by atoms with E-state index in [-0.39, 0.29) is 17.2 Å². The molecule has 1 aromatic carbocycles. The Morgan fingerprint density at radius 3 is 2.91 bits per heavy atom. The minimum Gasteiger partial charge on any atom is -0.494 e. The van der Waals surface area contributed by atoms with Crippen LogP contribution in [-0.4, -0.2) is 12.4 Å². The van der Waals surface area contributed by atoms with Crippen molar-refractivity contribution in [2.75, 3.05) is 6.61 Å². The van der Waals surface area contributed by atoms with Gasteiger partial charge in [-0.05, 0) is 19.4 Å². The molecule has 0 saturated heterocycles. The van der Waals surface area contributed by atoms with Crippen molar-refractivity contribution in [2.45, 2.75) is 32.1 Å². The van der Waals surface area contributed by atoms with Gasteiger partial charge < -0.3 is 15.2 Å². The van der Waals surface area contributed by atoms with Crippen molar-refractivity contribution in [3.05, 3.63) is 52.6 Å². The fourth-order valence-corrected chi connectivity index (χ4v) is 3.17. The molecule has 0 radical (unpaired) electrons. The number of carbonyl (C=O) groups is 1. The zero-order valence-electron chi connectivity index (χ0n) is 13.0. The van der Waals surface area contributed by atoms with Crippen LogP contribution in [0.15, 0.2) is 47.1 Å². The van der Waals surface area contributed by atoms with Crippen molar-refractivity contribution >= 4 is 5.78 Å². The molecular formula is C18H18N2O3. The number of carbonyl (C=O) groups excluding carboxylic acids is 1. The molecule has 3 rings (SSSR count). The van der Waals surface area contributed by atoms with E-state index in [4.69, 9.17) is 15.2 Å². The van der Waals surface area contributed by atoms with Crippen molar-refractivity contribution in [1.29, 1.82) is 5.26 Å². The number of ether oxygens (including phenoxy) is 2. The summed E-state index contributed by atoms with van der Waals surface area (Å²) in [6.45, 7) is 2.40. The van der Waals surface area contributed by atoms with E-state index in [0.717, 1.165) is 12.0 Å². The van der Waals surface area contributed by atoms with Crippen LogP contribution in [0.25, 0.3) is 0 Å². The van der Waals surface area contributed by atoms with Crippen LogP contribution in [0.2, 0.25) is 0 Å². The molecule has 23 heavy (non-hydrogen) atoms. The van der Waals surface area contributed by atoms with E-state index in [1.165, 1.54) is 0 Å². The minimum absolute atomic E-state index is 0.0165. The monoisotopic (exact) mass is 310 g/mol. The van der Waals surface area contributed by atoms with E-state index in [9.17, 15) is 10.1 Å². The van der Waals surface area contributed by atoms with Crippen molar-refractivity contribution in [3.8, 4) is 11.8 Å². The van der Waals surface area contributed by atoms with Crippen molar-refractivity contribution < 1.29 is 14.3 Å². The third-order valence-corrected chi connectivity index (χ3v) is 4.13. The quantitative estimate of drug-likeness (QED) is 0.927. The van der Waals surface area contributed by atoms with Gasteiger partial charge in [0.15, 0.2) is 5.78 Å². The SMILES string of the molecule is CCOc1ccccc1[C@@H]1C(C#N)=C(N)OC2=C1C(=O)CCC2. The summed E-state index contributed by atoms with van der Waals surface area (Å²) in [7, 11) is 0. The molecule has 1 aromatic rings. The molecule has 0 amide bonds. The maximum Gasteiger partial charge on any atom is 0.205 e. The number of benzene rings is 1. The smallest absolute Gasteiger partial charge is 0.205 e. The van der Waals surface area contributed by atoms with Gasteiger partial charge in [-0.1, -0.05) is 18.2 Å². The van der Waals surface area contributed by atoms with Gasteiger partial charge in [0.1, 0.15) is 23.2 Å². The van der Waals surface area contributed by atoms with Crippen LogP contribution in [-0.2, 0) is 9.53 Å². The van der Waals surface area contributed by atoms with Gasteiger partial charge in [-0.25, -0.2) is 0 Å². The van der Waals surface area contributed by atoms with Gasteiger partial charge in [-0.2, -0.15) is 5.26 Å². The number of hydrogen-bond acceptors (Lipinski definition) is 5. The summed E-state index contributed by atoms with van der Waals surface area (Å²) in [5.41, 5.74) is 7.54. The Hall–Kier alpha value is -2.74. The Balaban J connectivity index is 2.20. The summed E-state index contributed by atoms with van der Waals surface area (Å²) in [6, 6.07) is 9.56. The number of allylic oxidation sites excluding steroid dienone is 3. The summed E-state index contributed by atoms with van der Waals surface area (Å²) in [5, 5.41) is 9.55. The van der Waals surface area contributed by atoms with Crippen LogP contribution in [0, 0.1) is 11.3 Å². The molecule has 2 N–H and O–H groups in total. The van der Waals surface area contributed by atoms with Crippen molar-refractivity contribution in [3.63, 3.8) is 0 Å². The lowest BCUT2D eigenvalue weighted by Gasteiger charge is -2.31. The predicted molar refractivity (Wildman–Crippen MR) is 84.1 cm³/mol. The molecule has 1 atom stereocenters. The van der Waals surface area contributed by atoms with Gasteiger partial charge in [0.05, 0.1) is 12.5 Å². The first-order valence-corrected chi connectivity index (χ1v) is 7.73. The number of nitriles is 1. The molecule has 0 saturated carbocycles. The standard InChI is InChI=1S/C18H18N2O3/c1-2-22-14-8-4-3-6-11(14)16-12(10-19)18(20)23-15-9-5-7-13(21)17(15)16/h3-4,6,8,16H,2,5,7,9,20H2,1H3/t16-/m1/s1. The fraction of sp³-hybridized carbons (Fsp3) is 0.333. The Kier molecular flexibility index (Phi) is 4.07. The first kappa shape index (κ1) is 15.2. The second-order valence-corrected chi connectivity index (χ2v) is 5.51. The molecule has 1 aliphatic heterocycles. The molecule has 1 heterocycles. The third kappa shape index (κ3) is 2.57. The lowest BCUT2D eigenvalue weighted by atomic mass is 9.77. The first-order chi connectivity index (χ1) is 11.2. The van der Waals surface area contributed by atoms with E-state index in [1.54, 1.807) is 0 Å². The molecule has 2 aliphatic rings. The van der Waals surface area contributed by atoms with Crippen LogP contribution in [0.1, 0.15) is 37.7 Å². The lowest BCUT2D eigenvalue weighted by molar-refractivity contribution is -0.116. The highest BCUT2D eigenvalue weighted by Gasteiger charge is 2.39. The summed E-state index contributed by atoms with van der Waals surface area (Å²) in [5.74, 6) is 0.834. The van der Waals surface area contributed by atoms with Crippen LogP contribution in [0.4, 0.5) is 0 Å². The molecule has 5 heteroatoms. The fourth-order valence-electron chi connectivity index (χ4n) is 3.17. The van der Waals surface area contributed by atoms with E-state index < -0.39 is 5.92 Å². The Morgan fingerprint density at radius 1 is 1.39 bits per heavy atom. The lowest BCUT2D eigenvalue weighted by Crippen LogP contribution is -2.27. The Morgan fingerprint density at radius 2 is 2.17 bits per heavy atom. The molecule has 0 spiro atoms. The highest BCUT2D eigenvalue weighted by molar-refractivity contribution is 5.99. The van der Waals surface area contributed by atoms with E-state index in [1.807, 2.05) is 31.2 Å².